The van der Waals surface area contributed by atoms with Gasteiger partial charge in [0, 0.05) is 44.6 Å². The van der Waals surface area contributed by atoms with Gasteiger partial charge < -0.3 is 19.3 Å². The second-order valence-electron chi connectivity index (χ2n) is 9.10. The molecular weight excluding hydrogens is 503 g/mol. The van der Waals surface area contributed by atoms with Crippen LogP contribution in [0.15, 0.2) is 24.5 Å². The van der Waals surface area contributed by atoms with E-state index in [0.717, 1.165) is 35.5 Å². The highest BCUT2D eigenvalue weighted by Crippen LogP contribution is 2.25. The molecule has 1 aliphatic heterocycles. The number of carbonyl (C=O) groups is 3. The van der Waals surface area contributed by atoms with Gasteiger partial charge in [-0.2, -0.15) is 0 Å². The van der Waals surface area contributed by atoms with Crippen LogP contribution >= 0.6 is 16.1 Å². The average molecular weight is 541 g/mol. The zero-order valence-corrected chi connectivity index (χ0v) is 21.7. The Kier molecular flexibility index (Phi) is 11.9. The van der Waals surface area contributed by atoms with Gasteiger partial charge in [0.25, 0.3) is 0 Å². The van der Waals surface area contributed by atoms with E-state index in [0.29, 0.717) is 6.54 Å². The summed E-state index contributed by atoms with van der Waals surface area (Å²) in [5, 5.41) is 0. The number of amides is 2. The van der Waals surface area contributed by atoms with Crippen molar-refractivity contribution in [3.05, 3.63) is 24.5 Å². The molecule has 0 spiro atoms. The highest BCUT2D eigenvalue weighted by atomic mass is 79.9. The summed E-state index contributed by atoms with van der Waals surface area (Å²) in [6.07, 6.45) is 4.68. The number of anilines is 1. The topological polar surface area (TPSA) is 92.3 Å². The van der Waals surface area contributed by atoms with Crippen LogP contribution in [0.3, 0.4) is 0 Å². The number of hydrogen-bond acceptors (Lipinski definition) is 7. The van der Waals surface area contributed by atoms with Gasteiger partial charge in [-0.25, -0.2) is 13.5 Å². The number of piperidine rings is 1. The van der Waals surface area contributed by atoms with E-state index in [2.05, 4.69) is 26.0 Å². The van der Waals surface area contributed by atoms with Gasteiger partial charge in [-0.05, 0) is 58.6 Å². The molecule has 1 aromatic heterocycles. The van der Waals surface area contributed by atoms with Gasteiger partial charge >= 0.3 is 12.1 Å². The van der Waals surface area contributed by atoms with Crippen molar-refractivity contribution in [1.82, 2.24) is 13.8 Å². The molecule has 1 aromatic rings. The molecular formula is C23H38BBrN4O5. The number of halogens is 1. The van der Waals surface area contributed by atoms with Gasteiger partial charge in [0.15, 0.2) is 0 Å². The van der Waals surface area contributed by atoms with Gasteiger partial charge in [-0.15, -0.1) is 0 Å². The van der Waals surface area contributed by atoms with E-state index >= 15 is 0 Å². The molecule has 9 nitrogen and oxygen atoms in total. The largest absolute Gasteiger partial charge is 0.464 e. The summed E-state index contributed by atoms with van der Waals surface area (Å²) in [5.41, 5.74) is 0.439. The van der Waals surface area contributed by atoms with Crippen LogP contribution in [0.2, 0.25) is 0 Å². The third kappa shape index (κ3) is 9.16. The van der Waals surface area contributed by atoms with Gasteiger partial charge in [-0.1, -0.05) is 0 Å². The molecule has 34 heavy (non-hydrogen) atoms. The summed E-state index contributed by atoms with van der Waals surface area (Å²) in [4.78, 5) is 45.7. The second-order valence-corrected chi connectivity index (χ2v) is 9.96. The van der Waals surface area contributed by atoms with Crippen molar-refractivity contribution in [2.75, 3.05) is 37.7 Å². The number of pyridine rings is 1. The minimum absolute atomic E-state index is 0. The number of ether oxygens (including phenoxy) is 2. The first kappa shape index (κ1) is 29.7. The van der Waals surface area contributed by atoms with Gasteiger partial charge in [0.1, 0.15) is 11.6 Å². The van der Waals surface area contributed by atoms with Crippen molar-refractivity contribution < 1.29 is 23.9 Å². The number of esters is 1. The van der Waals surface area contributed by atoms with Crippen LogP contribution in [0.5, 0.6) is 0 Å². The molecule has 0 unspecified atom stereocenters. The highest BCUT2D eigenvalue weighted by Gasteiger charge is 2.35. The van der Waals surface area contributed by atoms with E-state index in [1.54, 1.807) is 40.1 Å². The summed E-state index contributed by atoms with van der Waals surface area (Å²) < 4.78 is 11.7. The molecule has 1 aliphatic rings. The quantitative estimate of drug-likeness (QED) is 0.284. The molecule has 11 heteroatoms. The van der Waals surface area contributed by atoms with Crippen LogP contribution in [-0.4, -0.2) is 84.6 Å². The van der Waals surface area contributed by atoms with Crippen LogP contribution < -0.4 is 4.90 Å². The maximum atomic E-state index is 12.8. The predicted molar refractivity (Wildman–Crippen MR) is 139 cm³/mol. The standard InChI is InChI=1S/C23H35BrN4O5.BH3/c1-6-32-21(30)20(16-28(24)22(31)33-23(3,4)5)27(17(2)29)15-18-9-13-26(14-10-18)19-7-11-25-12-8-19;/h7-8,11-12,18,20H,6,9-10,13-16H2,1-5H3;1H3/t20-;/m1./s1. The fraction of sp³-hybridized carbons (Fsp3) is 0.652. The monoisotopic (exact) mass is 540 g/mol. The number of aromatic nitrogens is 1. The van der Waals surface area contributed by atoms with Crippen molar-refractivity contribution in [3.63, 3.8) is 0 Å². The molecule has 0 radical (unpaired) electrons. The normalized spacial score (nSPS) is 15.1. The van der Waals surface area contributed by atoms with Crippen LogP contribution in [0, 0.1) is 5.92 Å². The van der Waals surface area contributed by atoms with Crippen molar-refractivity contribution in [3.8, 4) is 0 Å². The van der Waals surface area contributed by atoms with Gasteiger partial charge in [0.2, 0.25) is 5.91 Å². The Morgan fingerprint density at radius 2 is 1.79 bits per heavy atom. The zero-order valence-electron chi connectivity index (χ0n) is 20.1. The summed E-state index contributed by atoms with van der Waals surface area (Å²) in [7, 11) is 0. The first-order valence-electron chi connectivity index (χ1n) is 11.3. The van der Waals surface area contributed by atoms with Crippen LogP contribution in [0.4, 0.5) is 10.5 Å². The van der Waals surface area contributed by atoms with E-state index in [1.165, 1.54) is 11.8 Å². The third-order valence-electron chi connectivity index (χ3n) is 5.36. The molecule has 0 bridgehead atoms. The molecule has 0 aromatic carbocycles. The van der Waals surface area contributed by atoms with Crippen LogP contribution in [-0.2, 0) is 19.1 Å². The SMILES string of the molecule is B.CCOC(=O)[C@@H](CN(Br)C(=O)OC(C)(C)C)N(CC1CCN(c2ccncc2)CC1)C(C)=O. The first-order chi connectivity index (χ1) is 15.5. The van der Waals surface area contributed by atoms with Gasteiger partial charge in [-0.3, -0.25) is 9.78 Å². The lowest BCUT2D eigenvalue weighted by Crippen LogP contribution is -2.53. The Balaban J connectivity index is 0.00000578. The number of carbonyl (C=O) groups excluding carboxylic acids is 3. The highest BCUT2D eigenvalue weighted by molar-refractivity contribution is 9.07. The summed E-state index contributed by atoms with van der Waals surface area (Å²) in [5.74, 6) is -0.557. The van der Waals surface area contributed by atoms with Crippen LogP contribution in [0.1, 0.15) is 47.5 Å². The molecule has 2 heterocycles. The Bertz CT molecular complexity index is 800. The lowest BCUT2D eigenvalue weighted by molar-refractivity contribution is -0.155. The van der Waals surface area contributed by atoms with E-state index in [4.69, 9.17) is 9.47 Å². The fourth-order valence-electron chi connectivity index (χ4n) is 3.76. The maximum absolute atomic E-state index is 12.8. The average Bonchev–Trinajstić information content (AvgIpc) is 2.75. The summed E-state index contributed by atoms with van der Waals surface area (Å²) in [6, 6.07) is 3.04. The molecule has 1 saturated heterocycles. The Morgan fingerprint density at radius 3 is 2.29 bits per heavy atom. The fourth-order valence-corrected chi connectivity index (χ4v) is 4.11. The third-order valence-corrected chi connectivity index (χ3v) is 5.94. The van der Waals surface area contributed by atoms with Crippen molar-refractivity contribution in [2.45, 2.75) is 59.1 Å². The Labute approximate surface area is 213 Å². The number of hydrogen-bond donors (Lipinski definition) is 0. The Morgan fingerprint density at radius 1 is 1.21 bits per heavy atom. The van der Waals surface area contributed by atoms with Crippen LogP contribution in [0.25, 0.3) is 0 Å². The second kappa shape index (κ2) is 13.6. The Hall–Kier alpha value is -2.30. The van der Waals surface area contributed by atoms with E-state index < -0.39 is 23.7 Å². The smallest absolute Gasteiger partial charge is 0.420 e. The van der Waals surface area contributed by atoms with Crippen molar-refractivity contribution in [1.29, 1.82) is 0 Å². The first-order valence-corrected chi connectivity index (χ1v) is 12.0. The molecule has 2 rings (SSSR count). The van der Waals surface area contributed by atoms with Crippen molar-refractivity contribution >= 4 is 48.2 Å². The number of rotatable bonds is 8. The lowest BCUT2D eigenvalue weighted by atomic mass is 9.95. The molecule has 0 N–H and O–H groups in total. The number of nitrogens with zero attached hydrogens (tertiary/aromatic N) is 4. The summed E-state index contributed by atoms with van der Waals surface area (Å²) in [6.45, 7) is 10.6. The molecule has 0 saturated carbocycles. The molecule has 2 amide bonds. The van der Waals surface area contributed by atoms with E-state index in [1.807, 2.05) is 12.1 Å². The van der Waals surface area contributed by atoms with E-state index in [9.17, 15) is 14.4 Å². The molecule has 1 atom stereocenters. The predicted octanol–water partition coefficient (Wildman–Crippen LogP) is 2.44. The maximum Gasteiger partial charge on any atom is 0.420 e. The lowest BCUT2D eigenvalue weighted by Gasteiger charge is -2.38. The van der Waals surface area contributed by atoms with Crippen molar-refractivity contribution in [2.24, 2.45) is 5.92 Å². The molecule has 0 aliphatic carbocycles. The zero-order chi connectivity index (χ0) is 24.6. The molecule has 1 fully saturated rings. The summed E-state index contributed by atoms with van der Waals surface area (Å²) >= 11 is 3.19. The minimum atomic E-state index is -0.937. The van der Waals surface area contributed by atoms with Gasteiger partial charge in [0.05, 0.1) is 37.7 Å². The van der Waals surface area contributed by atoms with E-state index in [-0.39, 0.29) is 33.4 Å². The molecule has 190 valence electrons. The minimum Gasteiger partial charge on any atom is -0.464 e.